The lowest BCUT2D eigenvalue weighted by atomic mass is 10.0. The predicted molar refractivity (Wildman–Crippen MR) is 152 cm³/mol. The number of aromatic nitrogens is 2. The molecule has 2 heterocycles. The van der Waals surface area contributed by atoms with Gasteiger partial charge in [0.05, 0.1) is 23.4 Å². The molecule has 3 N–H and O–H groups in total. The summed E-state index contributed by atoms with van der Waals surface area (Å²) in [6.45, 7) is 7.24. The molecule has 2 unspecified atom stereocenters. The lowest BCUT2D eigenvalue weighted by Gasteiger charge is -2.21. The number of imidazole rings is 1. The SMILES string of the molecule is Cc1cccn2cc(-c3ccc(CC(CNC(=O)C(C)O)NC(=O)c4ccc(OC(C)C)c(C#N)c4)cc3)nc12. The first-order chi connectivity index (χ1) is 19.1. The Kier molecular flexibility index (Phi) is 8.82. The van der Waals surface area contributed by atoms with Gasteiger partial charge in [-0.2, -0.15) is 5.26 Å². The number of aryl methyl sites for hydroxylation is 1. The van der Waals surface area contributed by atoms with Crippen LogP contribution in [0.25, 0.3) is 16.9 Å². The van der Waals surface area contributed by atoms with Crippen LogP contribution in [0.5, 0.6) is 5.75 Å². The molecule has 2 atom stereocenters. The lowest BCUT2D eigenvalue weighted by molar-refractivity contribution is -0.128. The molecular weight excluding hydrogens is 506 g/mol. The Morgan fingerprint density at radius 3 is 2.52 bits per heavy atom. The molecule has 40 heavy (non-hydrogen) atoms. The molecule has 2 aromatic heterocycles. The van der Waals surface area contributed by atoms with Crippen LogP contribution in [0.1, 0.15) is 47.8 Å². The van der Waals surface area contributed by atoms with Gasteiger partial charge in [-0.1, -0.05) is 30.3 Å². The van der Waals surface area contributed by atoms with Crippen LogP contribution in [0.2, 0.25) is 0 Å². The van der Waals surface area contributed by atoms with Crippen molar-refractivity contribution in [3.05, 3.63) is 89.2 Å². The second-order valence-corrected chi connectivity index (χ2v) is 10.0. The average molecular weight is 540 g/mol. The summed E-state index contributed by atoms with van der Waals surface area (Å²) in [5.41, 5.74) is 5.32. The van der Waals surface area contributed by atoms with E-state index in [-0.39, 0.29) is 24.1 Å². The molecule has 4 aromatic rings. The molecule has 0 aliphatic carbocycles. The normalized spacial score (nSPS) is 12.5. The van der Waals surface area contributed by atoms with Gasteiger partial charge in [0.15, 0.2) is 0 Å². The highest BCUT2D eigenvalue weighted by Crippen LogP contribution is 2.23. The van der Waals surface area contributed by atoms with Crippen LogP contribution in [0, 0.1) is 18.3 Å². The summed E-state index contributed by atoms with van der Waals surface area (Å²) in [5.74, 6) is -0.505. The number of amides is 2. The monoisotopic (exact) mass is 539 g/mol. The van der Waals surface area contributed by atoms with Crippen molar-refractivity contribution in [2.75, 3.05) is 6.54 Å². The molecule has 206 valence electrons. The maximum absolute atomic E-state index is 13.1. The van der Waals surface area contributed by atoms with E-state index < -0.39 is 18.1 Å². The number of carbonyl (C=O) groups excluding carboxylic acids is 2. The van der Waals surface area contributed by atoms with Gasteiger partial charge < -0.3 is 24.9 Å². The van der Waals surface area contributed by atoms with E-state index in [2.05, 4.69) is 16.7 Å². The van der Waals surface area contributed by atoms with Crippen molar-refractivity contribution < 1.29 is 19.4 Å². The number of carbonyl (C=O) groups is 2. The number of fused-ring (bicyclic) bond motifs is 1. The second-order valence-electron chi connectivity index (χ2n) is 10.0. The Labute approximate surface area is 233 Å². The quantitative estimate of drug-likeness (QED) is 0.281. The summed E-state index contributed by atoms with van der Waals surface area (Å²) < 4.78 is 7.65. The summed E-state index contributed by atoms with van der Waals surface area (Å²) >= 11 is 0. The number of rotatable bonds is 10. The average Bonchev–Trinajstić information content (AvgIpc) is 3.37. The standard InChI is InChI=1S/C31H33N5O4/c1-19(2)40-28-12-11-24(15-25(28)16-32)31(39)34-26(17-33-30(38)21(4)37)14-22-7-9-23(10-8-22)27-18-36-13-5-6-20(3)29(36)35-27/h5-13,15,18-19,21,26,37H,14,17H2,1-4H3,(H,33,38)(H,34,39). The van der Waals surface area contributed by atoms with Crippen molar-refractivity contribution >= 4 is 17.5 Å². The smallest absolute Gasteiger partial charge is 0.251 e. The number of hydrogen-bond acceptors (Lipinski definition) is 6. The fourth-order valence-corrected chi connectivity index (χ4v) is 4.32. The first-order valence-corrected chi connectivity index (χ1v) is 13.2. The van der Waals surface area contributed by atoms with Crippen molar-refractivity contribution in [1.82, 2.24) is 20.0 Å². The van der Waals surface area contributed by atoms with Gasteiger partial charge in [0, 0.05) is 30.1 Å². The first-order valence-electron chi connectivity index (χ1n) is 13.2. The third-order valence-electron chi connectivity index (χ3n) is 6.37. The molecule has 0 radical (unpaired) electrons. The zero-order valence-electron chi connectivity index (χ0n) is 23.0. The number of benzene rings is 2. The molecular formula is C31H33N5O4. The summed E-state index contributed by atoms with van der Waals surface area (Å²) in [6.07, 6.45) is 3.09. The molecule has 0 saturated heterocycles. The van der Waals surface area contributed by atoms with E-state index in [1.54, 1.807) is 12.1 Å². The maximum atomic E-state index is 13.1. The maximum Gasteiger partial charge on any atom is 0.251 e. The highest BCUT2D eigenvalue weighted by atomic mass is 16.5. The lowest BCUT2D eigenvalue weighted by Crippen LogP contribution is -2.46. The zero-order chi connectivity index (χ0) is 28.8. The molecule has 9 nitrogen and oxygen atoms in total. The van der Waals surface area contributed by atoms with Gasteiger partial charge in [0.25, 0.3) is 5.91 Å². The van der Waals surface area contributed by atoms with Crippen LogP contribution in [0.15, 0.2) is 67.0 Å². The number of hydrogen-bond donors (Lipinski definition) is 3. The topological polar surface area (TPSA) is 129 Å². The molecule has 0 bridgehead atoms. The van der Waals surface area contributed by atoms with Crippen LogP contribution in [0.4, 0.5) is 0 Å². The Morgan fingerprint density at radius 2 is 1.88 bits per heavy atom. The van der Waals surface area contributed by atoms with Gasteiger partial charge in [0.2, 0.25) is 5.91 Å². The minimum absolute atomic E-state index is 0.114. The molecule has 0 aliphatic heterocycles. The molecule has 0 fully saturated rings. The van der Waals surface area contributed by atoms with E-state index in [1.165, 1.54) is 13.0 Å². The van der Waals surface area contributed by atoms with Gasteiger partial charge in [-0.25, -0.2) is 4.98 Å². The van der Waals surface area contributed by atoms with Gasteiger partial charge in [0.1, 0.15) is 23.6 Å². The Hall–Kier alpha value is -4.68. The van der Waals surface area contributed by atoms with Gasteiger partial charge in [-0.15, -0.1) is 0 Å². The van der Waals surface area contributed by atoms with Crippen molar-refractivity contribution in [2.24, 2.45) is 0 Å². The third-order valence-corrected chi connectivity index (χ3v) is 6.37. The summed E-state index contributed by atoms with van der Waals surface area (Å²) in [4.78, 5) is 29.9. The van der Waals surface area contributed by atoms with E-state index in [4.69, 9.17) is 9.72 Å². The zero-order valence-corrected chi connectivity index (χ0v) is 23.0. The largest absolute Gasteiger partial charge is 0.490 e. The van der Waals surface area contributed by atoms with Gasteiger partial charge in [-0.3, -0.25) is 9.59 Å². The van der Waals surface area contributed by atoms with E-state index in [9.17, 15) is 20.0 Å². The van der Waals surface area contributed by atoms with Crippen molar-refractivity contribution in [1.29, 1.82) is 5.26 Å². The van der Waals surface area contributed by atoms with Gasteiger partial charge in [-0.05, 0) is 69.5 Å². The van der Waals surface area contributed by atoms with E-state index in [1.807, 2.05) is 74.0 Å². The van der Waals surface area contributed by atoms with Gasteiger partial charge >= 0.3 is 0 Å². The minimum Gasteiger partial charge on any atom is -0.490 e. The predicted octanol–water partition coefficient (Wildman–Crippen LogP) is 3.81. The fourth-order valence-electron chi connectivity index (χ4n) is 4.32. The third kappa shape index (κ3) is 6.84. The molecule has 0 spiro atoms. The minimum atomic E-state index is -1.17. The van der Waals surface area contributed by atoms with E-state index in [0.717, 1.165) is 28.0 Å². The number of nitrogens with zero attached hydrogens (tertiary/aromatic N) is 3. The van der Waals surface area contributed by atoms with Crippen molar-refractivity contribution in [2.45, 2.75) is 52.4 Å². The highest BCUT2D eigenvalue weighted by molar-refractivity contribution is 5.95. The Bertz CT molecular complexity index is 1550. The van der Waals surface area contributed by atoms with Crippen molar-refractivity contribution in [3.63, 3.8) is 0 Å². The number of aliphatic hydroxyl groups excluding tert-OH is 1. The highest BCUT2D eigenvalue weighted by Gasteiger charge is 2.19. The molecule has 0 aliphatic rings. The molecule has 0 saturated carbocycles. The number of pyridine rings is 1. The molecule has 4 rings (SSSR count). The number of aliphatic hydroxyl groups is 1. The van der Waals surface area contributed by atoms with E-state index >= 15 is 0 Å². The molecule has 2 amide bonds. The summed E-state index contributed by atoms with van der Waals surface area (Å²) in [7, 11) is 0. The summed E-state index contributed by atoms with van der Waals surface area (Å²) in [5, 5.41) is 24.8. The number of ether oxygens (including phenoxy) is 1. The van der Waals surface area contributed by atoms with Crippen molar-refractivity contribution in [3.8, 4) is 23.1 Å². The Morgan fingerprint density at radius 1 is 1.12 bits per heavy atom. The molecule has 2 aromatic carbocycles. The number of nitrogens with one attached hydrogen (secondary N) is 2. The number of nitriles is 1. The van der Waals surface area contributed by atoms with Crippen LogP contribution < -0.4 is 15.4 Å². The summed E-state index contributed by atoms with van der Waals surface area (Å²) in [6, 6.07) is 18.2. The van der Waals surface area contributed by atoms with E-state index in [0.29, 0.717) is 17.7 Å². The van der Waals surface area contributed by atoms with Crippen LogP contribution in [0.3, 0.4) is 0 Å². The molecule has 9 heteroatoms. The van der Waals surface area contributed by atoms with Crippen LogP contribution in [-0.2, 0) is 11.2 Å². The Balaban J connectivity index is 1.51. The van der Waals surface area contributed by atoms with Crippen LogP contribution in [-0.4, -0.2) is 51.1 Å². The van der Waals surface area contributed by atoms with Crippen LogP contribution >= 0.6 is 0 Å². The second kappa shape index (κ2) is 12.5. The first kappa shape index (κ1) is 28.3. The fraction of sp³-hybridized carbons (Fsp3) is 0.290.